The number of carbonyl (C=O) groups is 2. The van der Waals surface area contributed by atoms with Gasteiger partial charge in [0.1, 0.15) is 0 Å². The molecule has 1 aliphatic rings. The Kier molecular flexibility index (Phi) is 5.06. The van der Waals surface area contributed by atoms with E-state index in [1.165, 1.54) is 29.2 Å². The van der Waals surface area contributed by atoms with Crippen LogP contribution in [0.4, 0.5) is 0 Å². The molecule has 8 heteroatoms. The Morgan fingerprint density at radius 2 is 2.04 bits per heavy atom. The molecular formula is C15H20N2O5S. The molecule has 1 amide bonds. The molecule has 1 fully saturated rings. The van der Waals surface area contributed by atoms with Crippen LogP contribution in [0.1, 0.15) is 30.6 Å². The molecule has 23 heavy (non-hydrogen) atoms. The molecule has 7 nitrogen and oxygen atoms in total. The molecule has 0 bridgehead atoms. The molecule has 126 valence electrons. The number of nitrogens with zero attached hydrogens (tertiary/aromatic N) is 1. The third-order valence-electron chi connectivity index (χ3n) is 3.61. The number of sulfonamides is 1. The lowest BCUT2D eigenvalue weighted by atomic mass is 10.1. The first-order valence-corrected chi connectivity index (χ1v) is 8.83. The van der Waals surface area contributed by atoms with Gasteiger partial charge in [-0.2, -0.15) is 0 Å². The van der Waals surface area contributed by atoms with Gasteiger partial charge in [0, 0.05) is 24.7 Å². The number of hydrogen-bond acceptors (Lipinski definition) is 4. The molecule has 1 saturated heterocycles. The Labute approximate surface area is 135 Å². The van der Waals surface area contributed by atoms with Crippen LogP contribution in [-0.2, 0) is 14.8 Å². The average molecular weight is 340 g/mol. The lowest BCUT2D eigenvalue weighted by Crippen LogP contribution is -2.31. The molecule has 2 N–H and O–H groups in total. The van der Waals surface area contributed by atoms with Crippen molar-refractivity contribution in [2.45, 2.75) is 31.2 Å². The van der Waals surface area contributed by atoms with E-state index in [1.54, 1.807) is 13.8 Å². The summed E-state index contributed by atoms with van der Waals surface area (Å²) >= 11 is 0. The Hall–Kier alpha value is -1.93. The van der Waals surface area contributed by atoms with Crippen molar-refractivity contribution >= 4 is 21.9 Å². The largest absolute Gasteiger partial charge is 0.481 e. The Balaban J connectivity index is 2.20. The van der Waals surface area contributed by atoms with E-state index >= 15 is 0 Å². The van der Waals surface area contributed by atoms with E-state index < -0.39 is 21.9 Å². The van der Waals surface area contributed by atoms with E-state index in [9.17, 15) is 18.0 Å². The van der Waals surface area contributed by atoms with Gasteiger partial charge in [-0.1, -0.05) is 6.07 Å². The maximum Gasteiger partial charge on any atom is 0.308 e. The SMILES string of the molecule is CC(C)NS(=O)(=O)c1cccc(C(=O)N2CCC(C(=O)O)C2)c1. The number of carbonyl (C=O) groups excluding carboxylic acids is 1. The molecule has 2 rings (SSSR count). The Morgan fingerprint density at radius 1 is 1.35 bits per heavy atom. The Morgan fingerprint density at radius 3 is 2.61 bits per heavy atom. The second kappa shape index (κ2) is 6.67. The van der Waals surface area contributed by atoms with Gasteiger partial charge in [0.2, 0.25) is 10.0 Å². The second-order valence-electron chi connectivity index (χ2n) is 5.88. The predicted molar refractivity (Wildman–Crippen MR) is 83.5 cm³/mol. The molecule has 0 aromatic heterocycles. The first-order chi connectivity index (χ1) is 10.7. The smallest absolute Gasteiger partial charge is 0.308 e. The second-order valence-corrected chi connectivity index (χ2v) is 7.59. The number of amides is 1. The number of rotatable bonds is 5. The normalized spacial score (nSPS) is 18.4. The van der Waals surface area contributed by atoms with E-state index in [2.05, 4.69) is 4.72 Å². The van der Waals surface area contributed by atoms with E-state index in [1.807, 2.05) is 0 Å². The van der Waals surface area contributed by atoms with Crippen molar-refractivity contribution in [2.75, 3.05) is 13.1 Å². The average Bonchev–Trinajstić information content (AvgIpc) is 2.95. The minimum atomic E-state index is -3.68. The minimum absolute atomic E-state index is 0.0195. The van der Waals surface area contributed by atoms with Crippen LogP contribution >= 0.6 is 0 Å². The summed E-state index contributed by atoms with van der Waals surface area (Å²) in [6.45, 7) is 3.93. The molecule has 0 radical (unpaired) electrons. The van der Waals surface area contributed by atoms with Crippen LogP contribution in [0.3, 0.4) is 0 Å². The van der Waals surface area contributed by atoms with Crippen LogP contribution in [0.25, 0.3) is 0 Å². The van der Waals surface area contributed by atoms with Crippen LogP contribution in [0.15, 0.2) is 29.2 Å². The van der Waals surface area contributed by atoms with E-state index in [-0.39, 0.29) is 29.0 Å². The summed E-state index contributed by atoms with van der Waals surface area (Å²) in [5.74, 6) is -1.83. The standard InChI is InChI=1S/C15H20N2O5S/c1-10(2)16-23(21,22)13-5-3-4-11(8-13)14(18)17-7-6-12(9-17)15(19)20/h3-5,8,10,12,16H,6-7,9H2,1-2H3,(H,19,20). The molecule has 0 spiro atoms. The highest BCUT2D eigenvalue weighted by atomic mass is 32.2. The number of likely N-dealkylation sites (tertiary alicyclic amines) is 1. The lowest BCUT2D eigenvalue weighted by Gasteiger charge is -2.16. The summed E-state index contributed by atoms with van der Waals surface area (Å²) in [7, 11) is -3.68. The molecule has 1 heterocycles. The number of benzene rings is 1. The zero-order chi connectivity index (χ0) is 17.2. The highest BCUT2D eigenvalue weighted by molar-refractivity contribution is 7.89. The fraction of sp³-hybridized carbons (Fsp3) is 0.467. The van der Waals surface area contributed by atoms with Gasteiger partial charge < -0.3 is 10.0 Å². The number of hydrogen-bond donors (Lipinski definition) is 2. The molecular weight excluding hydrogens is 320 g/mol. The minimum Gasteiger partial charge on any atom is -0.481 e. The van der Waals surface area contributed by atoms with Crippen molar-refractivity contribution in [1.29, 1.82) is 0 Å². The third kappa shape index (κ3) is 4.08. The summed E-state index contributed by atoms with van der Waals surface area (Å²) < 4.78 is 26.8. The van der Waals surface area contributed by atoms with Gasteiger partial charge in [0.15, 0.2) is 0 Å². The van der Waals surface area contributed by atoms with Crippen LogP contribution in [0.5, 0.6) is 0 Å². The first kappa shape index (κ1) is 17.4. The van der Waals surface area contributed by atoms with Crippen LogP contribution in [0.2, 0.25) is 0 Å². The quantitative estimate of drug-likeness (QED) is 0.829. The van der Waals surface area contributed by atoms with Crippen molar-refractivity contribution in [3.8, 4) is 0 Å². The van der Waals surface area contributed by atoms with Crippen molar-refractivity contribution in [1.82, 2.24) is 9.62 Å². The fourth-order valence-corrected chi connectivity index (χ4v) is 3.80. The monoisotopic (exact) mass is 340 g/mol. The molecule has 0 aliphatic carbocycles. The Bertz CT molecular complexity index is 714. The summed E-state index contributed by atoms with van der Waals surface area (Å²) in [5.41, 5.74) is 0.239. The van der Waals surface area contributed by atoms with Gasteiger partial charge in [-0.3, -0.25) is 9.59 Å². The molecule has 1 unspecified atom stereocenters. The fourth-order valence-electron chi connectivity index (χ4n) is 2.50. The molecule has 0 saturated carbocycles. The number of carboxylic acid groups (broad SMARTS) is 1. The highest BCUT2D eigenvalue weighted by Crippen LogP contribution is 2.20. The van der Waals surface area contributed by atoms with Gasteiger partial charge in [-0.15, -0.1) is 0 Å². The summed E-state index contributed by atoms with van der Waals surface area (Å²) in [6, 6.07) is 5.53. The van der Waals surface area contributed by atoms with Crippen LogP contribution < -0.4 is 4.72 Å². The van der Waals surface area contributed by atoms with Crippen LogP contribution in [-0.4, -0.2) is 49.4 Å². The molecule has 1 aromatic rings. The summed E-state index contributed by atoms with van der Waals surface area (Å²) in [5, 5.41) is 8.99. The molecule has 1 atom stereocenters. The number of carboxylic acids is 1. The van der Waals surface area contributed by atoms with Gasteiger partial charge in [0.05, 0.1) is 10.8 Å². The third-order valence-corrected chi connectivity index (χ3v) is 5.26. The van der Waals surface area contributed by atoms with Gasteiger partial charge in [-0.05, 0) is 38.5 Å². The van der Waals surface area contributed by atoms with Gasteiger partial charge in [-0.25, -0.2) is 13.1 Å². The van der Waals surface area contributed by atoms with Crippen molar-refractivity contribution < 1.29 is 23.1 Å². The van der Waals surface area contributed by atoms with Crippen molar-refractivity contribution in [3.05, 3.63) is 29.8 Å². The van der Waals surface area contributed by atoms with E-state index in [0.717, 1.165) is 0 Å². The van der Waals surface area contributed by atoms with Gasteiger partial charge in [0.25, 0.3) is 5.91 Å². The zero-order valence-corrected chi connectivity index (χ0v) is 13.8. The zero-order valence-electron chi connectivity index (χ0n) is 13.0. The first-order valence-electron chi connectivity index (χ1n) is 7.35. The van der Waals surface area contributed by atoms with Crippen LogP contribution in [0, 0.1) is 5.92 Å². The predicted octanol–water partition coefficient (Wildman–Crippen LogP) is 0.920. The van der Waals surface area contributed by atoms with Crippen molar-refractivity contribution in [2.24, 2.45) is 5.92 Å². The summed E-state index contributed by atoms with van der Waals surface area (Å²) in [4.78, 5) is 24.9. The van der Waals surface area contributed by atoms with E-state index in [4.69, 9.17) is 5.11 Å². The van der Waals surface area contributed by atoms with Crippen molar-refractivity contribution in [3.63, 3.8) is 0 Å². The highest BCUT2D eigenvalue weighted by Gasteiger charge is 2.31. The molecule has 1 aliphatic heterocycles. The lowest BCUT2D eigenvalue weighted by molar-refractivity contribution is -0.141. The molecule has 1 aromatic carbocycles. The van der Waals surface area contributed by atoms with Gasteiger partial charge >= 0.3 is 5.97 Å². The number of nitrogens with one attached hydrogen (secondary N) is 1. The summed E-state index contributed by atoms with van der Waals surface area (Å²) in [6.07, 6.45) is 0.411. The topological polar surface area (TPSA) is 104 Å². The number of aliphatic carboxylic acids is 1. The maximum absolute atomic E-state index is 12.4. The van der Waals surface area contributed by atoms with E-state index in [0.29, 0.717) is 13.0 Å². The maximum atomic E-state index is 12.4.